The van der Waals surface area contributed by atoms with Gasteiger partial charge in [-0.05, 0) is 50.1 Å². The van der Waals surface area contributed by atoms with Crippen LogP contribution in [0.1, 0.15) is 38.5 Å². The first-order chi connectivity index (χ1) is 10.8. The smallest absolute Gasteiger partial charge is 0.226 e. The molecule has 0 spiro atoms. The fraction of sp³-hybridized carbons (Fsp3) is 0.667. The molecule has 2 bridgehead atoms. The molecule has 3 fully saturated rings. The quantitative estimate of drug-likeness (QED) is 0.851. The minimum Gasteiger partial charge on any atom is -0.365 e. The molecule has 116 valence electrons. The van der Waals surface area contributed by atoms with Crippen LogP contribution >= 0.6 is 11.6 Å². The zero-order valence-electron chi connectivity index (χ0n) is 12.3. The van der Waals surface area contributed by atoms with Crippen molar-refractivity contribution in [3.8, 4) is 0 Å². The zero-order chi connectivity index (χ0) is 14.7. The second-order valence-corrected chi connectivity index (χ2v) is 7.16. The van der Waals surface area contributed by atoms with Gasteiger partial charge in [-0.3, -0.25) is 4.90 Å². The average molecular weight is 319 g/mol. The number of hydrogen-bond donors (Lipinski definition) is 2. The summed E-state index contributed by atoms with van der Waals surface area (Å²) in [6.45, 7) is 0. The predicted octanol–water partition coefficient (Wildman–Crippen LogP) is 2.58. The molecular formula is C15H19ClN6. The third-order valence-corrected chi connectivity index (χ3v) is 5.53. The van der Waals surface area contributed by atoms with Crippen molar-refractivity contribution >= 4 is 28.6 Å². The molecule has 6 nitrogen and oxygen atoms in total. The largest absolute Gasteiger partial charge is 0.365 e. The van der Waals surface area contributed by atoms with E-state index in [0.29, 0.717) is 11.7 Å². The summed E-state index contributed by atoms with van der Waals surface area (Å²) in [5.74, 6) is 0.789. The van der Waals surface area contributed by atoms with Gasteiger partial charge in [-0.15, -0.1) is 0 Å². The van der Waals surface area contributed by atoms with Gasteiger partial charge in [0, 0.05) is 24.2 Å². The molecular weight excluding hydrogens is 300 g/mol. The van der Waals surface area contributed by atoms with Gasteiger partial charge in [-0.1, -0.05) is 0 Å². The highest BCUT2D eigenvalue weighted by Gasteiger charge is 2.46. The van der Waals surface area contributed by atoms with Gasteiger partial charge < -0.3 is 10.3 Å². The number of piperidine rings is 1. The standard InChI is InChI=1S/C15H19ClN6/c16-15-20-13-12(17-7-18-13)14(21-15)19-8-5-10-3-4-11(6-8)22(10)9-1-2-9/h7-11H,1-6H2,(H2,17,18,19,20,21). The Labute approximate surface area is 133 Å². The third-order valence-electron chi connectivity index (χ3n) is 5.36. The predicted molar refractivity (Wildman–Crippen MR) is 85.0 cm³/mol. The Morgan fingerprint density at radius 3 is 2.55 bits per heavy atom. The molecule has 2 atom stereocenters. The molecule has 2 aromatic rings. The number of anilines is 1. The van der Waals surface area contributed by atoms with Crippen molar-refractivity contribution < 1.29 is 0 Å². The lowest BCUT2D eigenvalue weighted by atomic mass is 9.97. The molecule has 0 aromatic carbocycles. The molecule has 1 saturated carbocycles. The maximum Gasteiger partial charge on any atom is 0.226 e. The number of H-pyrrole nitrogens is 1. The Bertz CT molecular complexity index is 697. The number of hydrogen-bond acceptors (Lipinski definition) is 5. The number of halogens is 1. The molecule has 22 heavy (non-hydrogen) atoms. The van der Waals surface area contributed by atoms with Crippen molar-refractivity contribution in [3.05, 3.63) is 11.6 Å². The second-order valence-electron chi connectivity index (χ2n) is 6.82. The van der Waals surface area contributed by atoms with Crippen LogP contribution in [0.4, 0.5) is 5.82 Å². The van der Waals surface area contributed by atoms with Crippen molar-refractivity contribution in [2.45, 2.75) is 62.7 Å². The molecule has 2 N–H and O–H groups in total. The van der Waals surface area contributed by atoms with Crippen LogP contribution in [0.3, 0.4) is 0 Å². The van der Waals surface area contributed by atoms with Gasteiger partial charge in [0.1, 0.15) is 5.52 Å². The fourth-order valence-electron chi connectivity index (χ4n) is 4.40. The van der Waals surface area contributed by atoms with Crippen LogP contribution in [0.2, 0.25) is 5.28 Å². The third kappa shape index (κ3) is 2.08. The summed E-state index contributed by atoms with van der Waals surface area (Å²) in [6.07, 6.45) is 9.55. The molecule has 2 aliphatic heterocycles. The van der Waals surface area contributed by atoms with Crippen LogP contribution in [-0.4, -0.2) is 49.0 Å². The van der Waals surface area contributed by atoms with Crippen LogP contribution in [-0.2, 0) is 0 Å². The zero-order valence-corrected chi connectivity index (χ0v) is 13.1. The summed E-state index contributed by atoms with van der Waals surface area (Å²) in [4.78, 5) is 18.6. The van der Waals surface area contributed by atoms with E-state index < -0.39 is 0 Å². The van der Waals surface area contributed by atoms with Crippen LogP contribution in [0.25, 0.3) is 11.2 Å². The number of imidazole rings is 1. The lowest BCUT2D eigenvalue weighted by molar-refractivity contribution is 0.123. The van der Waals surface area contributed by atoms with Gasteiger partial charge in [0.05, 0.1) is 6.33 Å². The maximum absolute atomic E-state index is 6.02. The van der Waals surface area contributed by atoms with E-state index in [-0.39, 0.29) is 5.28 Å². The maximum atomic E-state index is 6.02. The summed E-state index contributed by atoms with van der Waals surface area (Å²) >= 11 is 6.02. The van der Waals surface area contributed by atoms with Crippen LogP contribution < -0.4 is 5.32 Å². The van der Waals surface area contributed by atoms with Gasteiger partial charge in [-0.25, -0.2) is 4.98 Å². The number of aromatic amines is 1. The summed E-state index contributed by atoms with van der Waals surface area (Å²) in [5.41, 5.74) is 1.47. The van der Waals surface area contributed by atoms with E-state index in [1.807, 2.05) is 0 Å². The van der Waals surface area contributed by atoms with Crippen LogP contribution in [0, 0.1) is 0 Å². The van der Waals surface area contributed by atoms with Crippen molar-refractivity contribution in [2.24, 2.45) is 0 Å². The molecule has 0 amide bonds. The van der Waals surface area contributed by atoms with Gasteiger partial charge in [0.15, 0.2) is 11.5 Å². The normalized spacial score (nSPS) is 31.8. The number of rotatable bonds is 3. The number of nitrogens with one attached hydrogen (secondary N) is 2. The molecule has 2 aromatic heterocycles. The molecule has 0 radical (unpaired) electrons. The van der Waals surface area contributed by atoms with Gasteiger partial charge in [-0.2, -0.15) is 9.97 Å². The molecule has 3 aliphatic rings. The highest BCUT2D eigenvalue weighted by Crippen LogP contribution is 2.43. The molecule has 1 aliphatic carbocycles. The van der Waals surface area contributed by atoms with E-state index in [4.69, 9.17) is 11.6 Å². The van der Waals surface area contributed by atoms with E-state index in [0.717, 1.165) is 29.5 Å². The minimum absolute atomic E-state index is 0.250. The van der Waals surface area contributed by atoms with E-state index in [1.165, 1.54) is 38.5 Å². The van der Waals surface area contributed by atoms with E-state index >= 15 is 0 Å². The Balaban J connectivity index is 1.39. The van der Waals surface area contributed by atoms with Crippen LogP contribution in [0.15, 0.2) is 6.33 Å². The molecule has 7 heteroatoms. The van der Waals surface area contributed by atoms with Gasteiger partial charge in [0.2, 0.25) is 5.28 Å². The van der Waals surface area contributed by atoms with Crippen LogP contribution in [0.5, 0.6) is 0 Å². The SMILES string of the molecule is Clc1nc(NC2CC3CCC(C2)N3C2CC2)c2[nH]cnc2n1. The highest BCUT2D eigenvalue weighted by molar-refractivity contribution is 6.28. The van der Waals surface area contributed by atoms with Gasteiger partial charge >= 0.3 is 0 Å². The van der Waals surface area contributed by atoms with Crippen molar-refractivity contribution in [3.63, 3.8) is 0 Å². The van der Waals surface area contributed by atoms with Crippen molar-refractivity contribution in [2.75, 3.05) is 5.32 Å². The lowest BCUT2D eigenvalue weighted by Gasteiger charge is -2.39. The van der Waals surface area contributed by atoms with E-state index in [9.17, 15) is 0 Å². The van der Waals surface area contributed by atoms with Gasteiger partial charge in [0.25, 0.3) is 0 Å². The summed E-state index contributed by atoms with van der Waals surface area (Å²) in [7, 11) is 0. The Morgan fingerprint density at radius 2 is 1.82 bits per heavy atom. The second kappa shape index (κ2) is 4.80. The van der Waals surface area contributed by atoms with Crippen molar-refractivity contribution in [1.29, 1.82) is 0 Å². The first-order valence-electron chi connectivity index (χ1n) is 8.18. The summed E-state index contributed by atoms with van der Waals surface area (Å²) in [5, 5.41) is 3.85. The topological polar surface area (TPSA) is 69.7 Å². The molecule has 4 heterocycles. The highest BCUT2D eigenvalue weighted by atomic mass is 35.5. The molecule has 2 unspecified atom stereocenters. The Morgan fingerprint density at radius 1 is 1.09 bits per heavy atom. The first-order valence-corrected chi connectivity index (χ1v) is 8.56. The summed E-state index contributed by atoms with van der Waals surface area (Å²) < 4.78 is 0. The monoisotopic (exact) mass is 318 g/mol. The average Bonchev–Trinajstić information content (AvgIpc) is 3.16. The Kier molecular flexibility index (Phi) is 2.85. The number of nitrogens with zero attached hydrogens (tertiary/aromatic N) is 4. The minimum atomic E-state index is 0.250. The molecule has 2 saturated heterocycles. The molecule has 5 rings (SSSR count). The number of fused-ring (bicyclic) bond motifs is 3. The van der Waals surface area contributed by atoms with E-state index in [1.54, 1.807) is 6.33 Å². The lowest BCUT2D eigenvalue weighted by Crippen LogP contribution is -2.47. The Hall–Kier alpha value is -1.40. The van der Waals surface area contributed by atoms with E-state index in [2.05, 4.69) is 30.2 Å². The van der Waals surface area contributed by atoms with Crippen molar-refractivity contribution in [1.82, 2.24) is 24.8 Å². The fourth-order valence-corrected chi connectivity index (χ4v) is 4.57. The number of aromatic nitrogens is 4. The first kappa shape index (κ1) is 13.1. The summed E-state index contributed by atoms with van der Waals surface area (Å²) in [6, 6.07) is 2.84.